The van der Waals surface area contributed by atoms with Gasteiger partial charge in [-0.25, -0.2) is 0 Å². The van der Waals surface area contributed by atoms with Crippen molar-refractivity contribution in [3.63, 3.8) is 0 Å². The van der Waals surface area contributed by atoms with E-state index in [9.17, 15) is 5.11 Å². The first-order valence-corrected chi connectivity index (χ1v) is 6.59. The molecule has 0 saturated carbocycles. The van der Waals surface area contributed by atoms with Gasteiger partial charge in [0.1, 0.15) is 11.9 Å². The Morgan fingerprint density at radius 3 is 2.56 bits per heavy atom. The van der Waals surface area contributed by atoms with Crippen LogP contribution in [0, 0.1) is 13.8 Å². The third-order valence-corrected chi connectivity index (χ3v) is 4.06. The molecule has 0 radical (unpaired) electrons. The van der Waals surface area contributed by atoms with Crippen molar-refractivity contribution >= 4 is 21.6 Å². The second kappa shape index (κ2) is 5.59. The maximum atomic E-state index is 9.90. The number of benzene rings is 1. The fraction of sp³-hybridized carbons (Fsp3) is 0.286. The van der Waals surface area contributed by atoms with Gasteiger partial charge in [0.15, 0.2) is 0 Å². The summed E-state index contributed by atoms with van der Waals surface area (Å²) in [6.45, 7) is 4.52. The minimum atomic E-state index is -0.635. The third kappa shape index (κ3) is 2.94. The average molecular weight is 310 g/mol. The van der Waals surface area contributed by atoms with Crippen LogP contribution >= 0.6 is 15.9 Å². The predicted molar refractivity (Wildman–Crippen MR) is 75.8 cm³/mol. The number of rotatable bonds is 4. The maximum absolute atomic E-state index is 9.90. The second-order valence-electron chi connectivity index (χ2n) is 4.34. The van der Waals surface area contributed by atoms with Gasteiger partial charge in [-0.1, -0.05) is 15.9 Å². The number of aliphatic hydroxyl groups is 1. The summed E-state index contributed by atoms with van der Waals surface area (Å²) in [6.07, 6.45) is 0.927. The zero-order chi connectivity index (χ0) is 13.1. The van der Waals surface area contributed by atoms with E-state index in [0.29, 0.717) is 12.3 Å². The predicted octanol–water partition coefficient (Wildman–Crippen LogP) is 3.80. The lowest BCUT2D eigenvalue weighted by Gasteiger charge is -2.13. The first-order valence-electron chi connectivity index (χ1n) is 5.80. The highest BCUT2D eigenvalue weighted by molar-refractivity contribution is 9.10. The Labute approximate surface area is 115 Å². The van der Waals surface area contributed by atoms with Crippen LogP contribution < -0.4 is 5.32 Å². The highest BCUT2D eigenvalue weighted by atomic mass is 79.9. The van der Waals surface area contributed by atoms with Gasteiger partial charge in [-0.05, 0) is 49.2 Å². The van der Waals surface area contributed by atoms with Crippen molar-refractivity contribution in [2.24, 2.45) is 0 Å². The van der Waals surface area contributed by atoms with Crippen molar-refractivity contribution in [1.29, 1.82) is 0 Å². The summed E-state index contributed by atoms with van der Waals surface area (Å²) >= 11 is 3.53. The Kier molecular flexibility index (Phi) is 4.09. The summed E-state index contributed by atoms with van der Waals surface area (Å²) in [5.41, 5.74) is 3.34. The highest BCUT2D eigenvalue weighted by Crippen LogP contribution is 2.25. The number of nitrogens with one attached hydrogen (secondary N) is 1. The summed E-state index contributed by atoms with van der Waals surface area (Å²) in [5.74, 6) is 0.577. The van der Waals surface area contributed by atoms with E-state index in [4.69, 9.17) is 4.42 Å². The maximum Gasteiger partial charge on any atom is 0.134 e. The molecule has 1 heterocycles. The van der Waals surface area contributed by atoms with Gasteiger partial charge in [0.25, 0.3) is 0 Å². The summed E-state index contributed by atoms with van der Waals surface area (Å²) in [4.78, 5) is 0. The fourth-order valence-corrected chi connectivity index (χ4v) is 2.07. The monoisotopic (exact) mass is 309 g/mol. The van der Waals surface area contributed by atoms with E-state index in [1.165, 1.54) is 11.1 Å². The standard InChI is InChI=1S/C14H16BrNO2/c1-9-6-11(7-10(2)14(9)15)16-8-12(17)13-4-3-5-18-13/h3-7,12,16-17H,8H2,1-2H3. The van der Waals surface area contributed by atoms with Gasteiger partial charge >= 0.3 is 0 Å². The zero-order valence-corrected chi connectivity index (χ0v) is 12.0. The molecule has 0 amide bonds. The van der Waals surface area contributed by atoms with E-state index in [0.717, 1.165) is 10.2 Å². The van der Waals surface area contributed by atoms with E-state index in [2.05, 4.69) is 21.2 Å². The van der Waals surface area contributed by atoms with Crippen LogP contribution in [-0.4, -0.2) is 11.7 Å². The van der Waals surface area contributed by atoms with Crippen LogP contribution in [0.2, 0.25) is 0 Å². The number of halogens is 1. The lowest BCUT2D eigenvalue weighted by molar-refractivity contribution is 0.162. The average Bonchev–Trinajstić information content (AvgIpc) is 2.86. The van der Waals surface area contributed by atoms with E-state index < -0.39 is 6.10 Å². The van der Waals surface area contributed by atoms with Crippen LogP contribution in [0.15, 0.2) is 39.4 Å². The van der Waals surface area contributed by atoms with Crippen molar-refractivity contribution in [2.45, 2.75) is 20.0 Å². The number of aryl methyl sites for hydroxylation is 2. The first kappa shape index (κ1) is 13.2. The van der Waals surface area contributed by atoms with Crippen molar-refractivity contribution in [1.82, 2.24) is 0 Å². The molecule has 0 spiro atoms. The molecule has 1 unspecified atom stereocenters. The molecule has 0 aliphatic rings. The molecule has 0 aliphatic carbocycles. The van der Waals surface area contributed by atoms with Gasteiger partial charge < -0.3 is 14.8 Å². The SMILES string of the molecule is Cc1cc(NCC(O)c2ccco2)cc(C)c1Br. The summed E-state index contributed by atoms with van der Waals surface area (Å²) in [5, 5.41) is 13.1. The van der Waals surface area contributed by atoms with Gasteiger partial charge in [0.2, 0.25) is 0 Å². The van der Waals surface area contributed by atoms with E-state index in [1.807, 2.05) is 26.0 Å². The highest BCUT2D eigenvalue weighted by Gasteiger charge is 2.10. The van der Waals surface area contributed by atoms with E-state index in [1.54, 1.807) is 18.4 Å². The van der Waals surface area contributed by atoms with Crippen LogP contribution in [0.4, 0.5) is 5.69 Å². The van der Waals surface area contributed by atoms with Gasteiger partial charge in [-0.3, -0.25) is 0 Å². The Hall–Kier alpha value is -1.26. The number of aliphatic hydroxyl groups excluding tert-OH is 1. The third-order valence-electron chi connectivity index (χ3n) is 2.81. The second-order valence-corrected chi connectivity index (χ2v) is 5.13. The quantitative estimate of drug-likeness (QED) is 0.903. The molecule has 18 heavy (non-hydrogen) atoms. The number of hydrogen-bond donors (Lipinski definition) is 2. The molecule has 4 heteroatoms. The molecule has 1 aromatic heterocycles. The van der Waals surface area contributed by atoms with Crippen molar-refractivity contribution < 1.29 is 9.52 Å². The van der Waals surface area contributed by atoms with Gasteiger partial charge in [-0.15, -0.1) is 0 Å². The number of hydrogen-bond acceptors (Lipinski definition) is 3. The van der Waals surface area contributed by atoms with E-state index in [-0.39, 0.29) is 0 Å². The van der Waals surface area contributed by atoms with Gasteiger partial charge in [0.05, 0.1) is 6.26 Å². The van der Waals surface area contributed by atoms with Crippen molar-refractivity contribution in [3.05, 3.63) is 51.9 Å². The number of furan rings is 1. The van der Waals surface area contributed by atoms with E-state index >= 15 is 0 Å². The summed E-state index contributed by atoms with van der Waals surface area (Å²) < 4.78 is 6.28. The molecule has 1 aromatic carbocycles. The summed E-state index contributed by atoms with van der Waals surface area (Å²) in [6, 6.07) is 7.63. The molecular formula is C14H16BrNO2. The largest absolute Gasteiger partial charge is 0.467 e. The molecule has 0 fully saturated rings. The molecule has 3 nitrogen and oxygen atoms in total. The lowest BCUT2D eigenvalue weighted by atomic mass is 10.1. The molecule has 1 atom stereocenters. The molecule has 96 valence electrons. The molecule has 2 aromatic rings. The van der Waals surface area contributed by atoms with Gasteiger partial charge in [0, 0.05) is 16.7 Å². The molecule has 0 aliphatic heterocycles. The Morgan fingerprint density at radius 1 is 1.33 bits per heavy atom. The van der Waals surface area contributed by atoms with Crippen LogP contribution in [0.5, 0.6) is 0 Å². The van der Waals surface area contributed by atoms with Crippen molar-refractivity contribution in [3.8, 4) is 0 Å². The fourth-order valence-electron chi connectivity index (χ4n) is 1.84. The molecule has 2 N–H and O–H groups in total. The summed E-state index contributed by atoms with van der Waals surface area (Å²) in [7, 11) is 0. The topological polar surface area (TPSA) is 45.4 Å². The minimum absolute atomic E-state index is 0.425. The normalized spacial score (nSPS) is 12.4. The Balaban J connectivity index is 2.02. The van der Waals surface area contributed by atoms with Crippen LogP contribution in [-0.2, 0) is 0 Å². The Morgan fingerprint density at radius 2 is 2.00 bits per heavy atom. The van der Waals surface area contributed by atoms with Crippen LogP contribution in [0.25, 0.3) is 0 Å². The van der Waals surface area contributed by atoms with Crippen molar-refractivity contribution in [2.75, 3.05) is 11.9 Å². The molecule has 0 bridgehead atoms. The number of anilines is 1. The smallest absolute Gasteiger partial charge is 0.134 e. The van der Waals surface area contributed by atoms with Gasteiger partial charge in [-0.2, -0.15) is 0 Å². The Bertz CT molecular complexity index is 500. The molecule has 0 saturated heterocycles. The van der Waals surface area contributed by atoms with Crippen LogP contribution in [0.1, 0.15) is 23.0 Å². The molecule has 2 rings (SSSR count). The van der Waals surface area contributed by atoms with Crippen LogP contribution in [0.3, 0.4) is 0 Å². The lowest BCUT2D eigenvalue weighted by Crippen LogP contribution is -2.11. The minimum Gasteiger partial charge on any atom is -0.467 e. The first-order chi connectivity index (χ1) is 8.58. The molecular weight excluding hydrogens is 294 g/mol. The zero-order valence-electron chi connectivity index (χ0n) is 10.4.